The number of carbonyl (C=O) groups excluding carboxylic acids is 2. The van der Waals surface area contributed by atoms with Crippen molar-refractivity contribution in [2.75, 3.05) is 10.6 Å². The van der Waals surface area contributed by atoms with Gasteiger partial charge >= 0.3 is 0 Å². The van der Waals surface area contributed by atoms with E-state index in [4.69, 9.17) is 46.4 Å². The first-order valence-corrected chi connectivity index (χ1v) is 11.5. The molecule has 0 radical (unpaired) electrons. The van der Waals surface area contributed by atoms with E-state index in [0.717, 1.165) is 0 Å². The summed E-state index contributed by atoms with van der Waals surface area (Å²) in [6.45, 7) is 1.65. The molecule has 1 aliphatic rings. The highest BCUT2D eigenvalue weighted by Crippen LogP contribution is 2.65. The summed E-state index contributed by atoms with van der Waals surface area (Å²) >= 11 is 24.7. The SMILES string of the molecule is Cc1cc(F)ccc1NC(=O)c1cc(NC(=O)[C@@H]2[C@@H](c3ccc(F)c(Cl)c3)C2(Cl)Cl)ccc1Cl. The first-order valence-electron chi connectivity index (χ1n) is 9.99. The Hall–Kier alpha value is -2.38. The molecule has 3 aromatic rings. The number of hydrogen-bond acceptors (Lipinski definition) is 2. The number of anilines is 2. The Labute approximate surface area is 214 Å². The van der Waals surface area contributed by atoms with Crippen molar-refractivity contribution < 1.29 is 18.4 Å². The Bertz CT molecular complexity index is 1320. The second-order valence-corrected chi connectivity index (χ2v) is 10.2. The highest BCUT2D eigenvalue weighted by molar-refractivity contribution is 6.53. The molecule has 0 unspecified atom stereocenters. The minimum atomic E-state index is -1.40. The number of benzene rings is 3. The zero-order valence-electron chi connectivity index (χ0n) is 17.4. The summed E-state index contributed by atoms with van der Waals surface area (Å²) in [5, 5.41) is 5.42. The van der Waals surface area contributed by atoms with Crippen LogP contribution in [-0.2, 0) is 4.79 Å². The van der Waals surface area contributed by atoms with Crippen molar-refractivity contribution in [3.8, 4) is 0 Å². The van der Waals surface area contributed by atoms with Crippen molar-refractivity contribution in [1.82, 2.24) is 0 Å². The summed E-state index contributed by atoms with van der Waals surface area (Å²) in [5.74, 6) is -3.46. The minimum Gasteiger partial charge on any atom is -0.326 e. The van der Waals surface area contributed by atoms with Gasteiger partial charge < -0.3 is 10.6 Å². The Kier molecular flexibility index (Phi) is 6.80. The molecule has 176 valence electrons. The van der Waals surface area contributed by atoms with Crippen molar-refractivity contribution in [3.63, 3.8) is 0 Å². The Balaban J connectivity index is 1.51. The van der Waals surface area contributed by atoms with Gasteiger partial charge in [-0.3, -0.25) is 9.59 Å². The van der Waals surface area contributed by atoms with Crippen LogP contribution in [0.15, 0.2) is 54.6 Å². The maximum Gasteiger partial charge on any atom is 0.257 e. The van der Waals surface area contributed by atoms with E-state index >= 15 is 0 Å². The summed E-state index contributed by atoms with van der Waals surface area (Å²) in [7, 11) is 0. The van der Waals surface area contributed by atoms with E-state index in [0.29, 0.717) is 22.5 Å². The molecule has 3 aromatic carbocycles. The second-order valence-electron chi connectivity index (χ2n) is 7.90. The van der Waals surface area contributed by atoms with Crippen LogP contribution < -0.4 is 10.6 Å². The smallest absolute Gasteiger partial charge is 0.257 e. The van der Waals surface area contributed by atoms with Crippen molar-refractivity contribution in [1.29, 1.82) is 0 Å². The van der Waals surface area contributed by atoms with Gasteiger partial charge in [-0.1, -0.05) is 29.3 Å². The van der Waals surface area contributed by atoms with Crippen LogP contribution in [0.5, 0.6) is 0 Å². The Morgan fingerprint density at radius 3 is 2.32 bits per heavy atom. The molecule has 4 rings (SSSR count). The average molecular weight is 544 g/mol. The molecule has 1 fully saturated rings. The first kappa shape index (κ1) is 24.7. The Morgan fingerprint density at radius 1 is 0.912 bits per heavy atom. The molecule has 2 N–H and O–H groups in total. The molecule has 4 nitrogen and oxygen atoms in total. The molecule has 2 atom stereocenters. The van der Waals surface area contributed by atoms with Gasteiger partial charge in [-0.2, -0.15) is 0 Å². The van der Waals surface area contributed by atoms with Gasteiger partial charge in [0.05, 0.1) is 21.5 Å². The van der Waals surface area contributed by atoms with Crippen molar-refractivity contribution in [3.05, 3.63) is 93.0 Å². The lowest BCUT2D eigenvalue weighted by Gasteiger charge is -2.12. The monoisotopic (exact) mass is 542 g/mol. The van der Waals surface area contributed by atoms with Crippen LogP contribution in [-0.4, -0.2) is 16.1 Å². The summed E-state index contributed by atoms with van der Waals surface area (Å²) in [4.78, 5) is 25.7. The van der Waals surface area contributed by atoms with Gasteiger partial charge in [-0.25, -0.2) is 8.78 Å². The summed E-state index contributed by atoms with van der Waals surface area (Å²) < 4.78 is 25.4. The molecular weight excluding hydrogens is 528 g/mol. The molecule has 0 heterocycles. The molecule has 10 heteroatoms. The van der Waals surface area contributed by atoms with E-state index in [1.807, 2.05) is 0 Å². The predicted octanol–water partition coefficient (Wildman–Crippen LogP) is 7.36. The summed E-state index contributed by atoms with van der Waals surface area (Å²) in [5.41, 5.74) is 1.88. The topological polar surface area (TPSA) is 58.2 Å². The van der Waals surface area contributed by atoms with Gasteiger partial charge in [-0.15, -0.1) is 23.2 Å². The summed E-state index contributed by atoms with van der Waals surface area (Å²) in [6.07, 6.45) is 0. The fraction of sp³-hybridized carbons (Fsp3) is 0.167. The molecule has 0 saturated heterocycles. The van der Waals surface area contributed by atoms with Gasteiger partial charge in [0.1, 0.15) is 16.0 Å². The van der Waals surface area contributed by atoms with Crippen LogP contribution in [0.2, 0.25) is 10.0 Å². The number of amides is 2. The van der Waals surface area contributed by atoms with Crippen LogP contribution in [0.1, 0.15) is 27.4 Å². The average Bonchev–Trinajstić information content (AvgIpc) is 3.35. The van der Waals surface area contributed by atoms with Crippen LogP contribution in [0.3, 0.4) is 0 Å². The molecule has 0 bridgehead atoms. The molecule has 1 saturated carbocycles. The fourth-order valence-corrected chi connectivity index (χ4v) is 4.95. The molecular formula is C24H16Cl4F2N2O2. The van der Waals surface area contributed by atoms with Crippen molar-refractivity contribution in [2.24, 2.45) is 5.92 Å². The molecule has 1 aliphatic carbocycles. The van der Waals surface area contributed by atoms with Gasteiger partial charge in [0, 0.05) is 17.3 Å². The third kappa shape index (κ3) is 4.86. The van der Waals surface area contributed by atoms with E-state index in [1.54, 1.807) is 6.92 Å². The van der Waals surface area contributed by atoms with E-state index in [2.05, 4.69) is 10.6 Å². The third-order valence-corrected chi connectivity index (χ3v) is 7.11. The molecule has 2 amide bonds. The lowest BCUT2D eigenvalue weighted by atomic mass is 10.1. The van der Waals surface area contributed by atoms with Crippen LogP contribution >= 0.6 is 46.4 Å². The molecule has 0 aromatic heterocycles. The zero-order valence-corrected chi connectivity index (χ0v) is 20.5. The number of aryl methyl sites for hydroxylation is 1. The highest BCUT2D eigenvalue weighted by atomic mass is 35.5. The normalized spacial score (nSPS) is 18.3. The number of hydrogen-bond donors (Lipinski definition) is 2. The van der Waals surface area contributed by atoms with Crippen molar-refractivity contribution in [2.45, 2.75) is 17.2 Å². The standard InChI is InChI=1S/C24H16Cl4F2N2O2/c1-11-8-13(29)3-7-19(11)32-22(33)15-10-14(4-5-16(15)25)31-23(34)21-20(24(21,27)28)12-2-6-18(30)17(26)9-12/h2-10,20-21H,1H3,(H,31,34)(H,32,33)/t20-,21+/m1/s1. The largest absolute Gasteiger partial charge is 0.326 e. The van der Waals surface area contributed by atoms with Crippen LogP contribution in [0, 0.1) is 24.5 Å². The van der Waals surface area contributed by atoms with Crippen LogP contribution in [0.4, 0.5) is 20.2 Å². The number of halogens is 6. The highest BCUT2D eigenvalue weighted by Gasteiger charge is 2.67. The minimum absolute atomic E-state index is 0.0996. The van der Waals surface area contributed by atoms with Gasteiger partial charge in [-0.05, 0) is 66.6 Å². The van der Waals surface area contributed by atoms with E-state index in [9.17, 15) is 18.4 Å². The fourth-order valence-electron chi connectivity index (χ4n) is 3.73. The Morgan fingerprint density at radius 2 is 1.65 bits per heavy atom. The van der Waals surface area contributed by atoms with Gasteiger partial charge in [0.25, 0.3) is 5.91 Å². The zero-order chi connectivity index (χ0) is 24.8. The number of alkyl halides is 2. The summed E-state index contributed by atoms with van der Waals surface area (Å²) in [6, 6.07) is 12.4. The molecule has 0 spiro atoms. The second kappa shape index (κ2) is 9.34. The van der Waals surface area contributed by atoms with Gasteiger partial charge in [0.15, 0.2) is 0 Å². The van der Waals surface area contributed by atoms with Crippen LogP contribution in [0.25, 0.3) is 0 Å². The number of rotatable bonds is 5. The van der Waals surface area contributed by atoms with E-state index in [-0.39, 0.29) is 15.6 Å². The number of nitrogens with one attached hydrogen (secondary N) is 2. The van der Waals surface area contributed by atoms with E-state index < -0.39 is 39.6 Å². The van der Waals surface area contributed by atoms with Crippen molar-refractivity contribution >= 4 is 69.6 Å². The first-order chi connectivity index (χ1) is 16.0. The lowest BCUT2D eigenvalue weighted by molar-refractivity contribution is -0.117. The van der Waals surface area contributed by atoms with E-state index in [1.165, 1.54) is 54.6 Å². The van der Waals surface area contributed by atoms with Gasteiger partial charge in [0.2, 0.25) is 5.91 Å². The maximum atomic E-state index is 13.5. The maximum absolute atomic E-state index is 13.5. The third-order valence-electron chi connectivity index (χ3n) is 5.55. The molecule has 34 heavy (non-hydrogen) atoms. The predicted molar refractivity (Wildman–Crippen MR) is 131 cm³/mol. The number of carbonyl (C=O) groups is 2. The quantitative estimate of drug-likeness (QED) is 0.330. The molecule has 0 aliphatic heterocycles. The lowest BCUT2D eigenvalue weighted by Crippen LogP contribution is -2.18.